The number of aliphatic carboxylic acids is 1. The standard InChI is InChI=1S/C19H22N2O3/c1-21(13-12-18(22)23)19(24)20-14-17(15-8-4-2-5-9-15)16-10-6-3-7-11-16/h2-11,17H,12-14H2,1H3,(H,20,24)(H,22,23). The van der Waals surface area contributed by atoms with Gasteiger partial charge in [0.15, 0.2) is 0 Å². The van der Waals surface area contributed by atoms with Crippen LogP contribution in [0.1, 0.15) is 23.5 Å². The minimum absolute atomic E-state index is 0.0456. The maximum absolute atomic E-state index is 12.1. The first-order chi connectivity index (χ1) is 11.6. The van der Waals surface area contributed by atoms with Gasteiger partial charge in [-0.05, 0) is 11.1 Å². The Balaban J connectivity index is 2.04. The Bertz CT molecular complexity index is 619. The summed E-state index contributed by atoms with van der Waals surface area (Å²) in [5.41, 5.74) is 2.24. The molecule has 2 amide bonds. The number of hydrogen-bond acceptors (Lipinski definition) is 2. The maximum Gasteiger partial charge on any atom is 0.317 e. The SMILES string of the molecule is CN(CCC(=O)O)C(=O)NCC(c1ccccc1)c1ccccc1. The second kappa shape index (κ2) is 8.72. The lowest BCUT2D eigenvalue weighted by molar-refractivity contribution is -0.137. The van der Waals surface area contributed by atoms with Crippen LogP contribution in [-0.2, 0) is 4.79 Å². The number of amides is 2. The average Bonchev–Trinajstić information content (AvgIpc) is 2.61. The molecule has 126 valence electrons. The van der Waals surface area contributed by atoms with Crippen molar-refractivity contribution in [3.8, 4) is 0 Å². The number of nitrogens with zero attached hydrogens (tertiary/aromatic N) is 1. The van der Waals surface area contributed by atoms with Gasteiger partial charge in [0.2, 0.25) is 0 Å². The molecule has 2 rings (SSSR count). The molecule has 0 aliphatic carbocycles. The van der Waals surface area contributed by atoms with Gasteiger partial charge in [-0.1, -0.05) is 60.7 Å². The Kier molecular flexibility index (Phi) is 6.37. The zero-order valence-corrected chi connectivity index (χ0v) is 13.7. The van der Waals surface area contributed by atoms with Crippen LogP contribution < -0.4 is 5.32 Å². The smallest absolute Gasteiger partial charge is 0.317 e. The highest BCUT2D eigenvalue weighted by atomic mass is 16.4. The van der Waals surface area contributed by atoms with Crippen LogP contribution in [0.2, 0.25) is 0 Å². The Hall–Kier alpha value is -2.82. The molecule has 2 aromatic rings. The Morgan fingerprint density at radius 1 is 1.00 bits per heavy atom. The molecule has 5 heteroatoms. The van der Waals surface area contributed by atoms with E-state index in [-0.39, 0.29) is 24.9 Å². The summed E-state index contributed by atoms with van der Waals surface area (Å²) in [7, 11) is 1.60. The predicted molar refractivity (Wildman–Crippen MR) is 93.0 cm³/mol. The summed E-state index contributed by atoms with van der Waals surface area (Å²) in [6.45, 7) is 0.632. The fourth-order valence-corrected chi connectivity index (χ4v) is 2.49. The maximum atomic E-state index is 12.1. The molecule has 2 N–H and O–H groups in total. The molecule has 0 radical (unpaired) electrons. The lowest BCUT2D eigenvalue weighted by Crippen LogP contribution is -2.40. The van der Waals surface area contributed by atoms with Crippen LogP contribution in [0.5, 0.6) is 0 Å². The number of benzene rings is 2. The summed E-state index contributed by atoms with van der Waals surface area (Å²) in [6, 6.07) is 19.7. The highest BCUT2D eigenvalue weighted by Gasteiger charge is 2.16. The molecule has 0 bridgehead atoms. The van der Waals surface area contributed by atoms with Gasteiger partial charge in [0.25, 0.3) is 0 Å². The van der Waals surface area contributed by atoms with Gasteiger partial charge in [-0.15, -0.1) is 0 Å². The molecule has 0 unspecified atom stereocenters. The second-order valence-corrected chi connectivity index (χ2v) is 5.63. The van der Waals surface area contributed by atoms with Crippen molar-refractivity contribution in [2.75, 3.05) is 20.1 Å². The summed E-state index contributed by atoms with van der Waals surface area (Å²) in [5, 5.41) is 11.6. The number of rotatable bonds is 7. The third-order valence-corrected chi connectivity index (χ3v) is 3.87. The number of hydrogen-bond donors (Lipinski definition) is 2. The van der Waals surface area contributed by atoms with Crippen LogP contribution in [0.3, 0.4) is 0 Å². The zero-order chi connectivity index (χ0) is 17.4. The lowest BCUT2D eigenvalue weighted by Gasteiger charge is -2.22. The summed E-state index contributed by atoms with van der Waals surface area (Å²) in [5.74, 6) is -0.870. The molecular formula is C19H22N2O3. The molecule has 2 aromatic carbocycles. The Morgan fingerprint density at radius 2 is 1.50 bits per heavy atom. The van der Waals surface area contributed by atoms with E-state index < -0.39 is 5.97 Å². The number of carboxylic acid groups (broad SMARTS) is 1. The number of carboxylic acids is 1. The van der Waals surface area contributed by atoms with Crippen LogP contribution in [0.4, 0.5) is 4.79 Å². The summed E-state index contributed by atoms with van der Waals surface area (Å²) in [6.07, 6.45) is -0.0648. The normalized spacial score (nSPS) is 10.4. The first kappa shape index (κ1) is 17.5. The van der Waals surface area contributed by atoms with Gasteiger partial charge in [0.05, 0.1) is 6.42 Å². The van der Waals surface area contributed by atoms with Crippen LogP contribution >= 0.6 is 0 Å². The van der Waals surface area contributed by atoms with Gasteiger partial charge in [-0.2, -0.15) is 0 Å². The third kappa shape index (κ3) is 5.12. The fraction of sp³-hybridized carbons (Fsp3) is 0.263. The third-order valence-electron chi connectivity index (χ3n) is 3.87. The highest BCUT2D eigenvalue weighted by Crippen LogP contribution is 2.23. The highest BCUT2D eigenvalue weighted by molar-refractivity contribution is 5.75. The summed E-state index contributed by atoms with van der Waals surface area (Å²) >= 11 is 0. The predicted octanol–water partition coefficient (Wildman–Crippen LogP) is 2.93. The zero-order valence-electron chi connectivity index (χ0n) is 13.7. The molecule has 0 atom stereocenters. The van der Waals surface area contributed by atoms with E-state index in [1.807, 2.05) is 60.7 Å². The Morgan fingerprint density at radius 3 is 1.96 bits per heavy atom. The molecule has 0 aliphatic heterocycles. The Labute approximate surface area is 141 Å². The van der Waals surface area contributed by atoms with E-state index in [0.717, 1.165) is 11.1 Å². The van der Waals surface area contributed by atoms with E-state index >= 15 is 0 Å². The molecule has 0 aromatic heterocycles. The van der Waals surface area contributed by atoms with Crippen molar-refractivity contribution in [1.82, 2.24) is 10.2 Å². The molecule has 0 saturated carbocycles. The van der Waals surface area contributed by atoms with E-state index in [4.69, 9.17) is 5.11 Å². The number of carbonyl (C=O) groups is 2. The molecule has 24 heavy (non-hydrogen) atoms. The monoisotopic (exact) mass is 326 g/mol. The second-order valence-electron chi connectivity index (χ2n) is 5.63. The minimum atomic E-state index is -0.916. The number of carbonyl (C=O) groups excluding carboxylic acids is 1. The molecule has 0 saturated heterocycles. The van der Waals surface area contributed by atoms with Gasteiger partial charge in [0.1, 0.15) is 0 Å². The van der Waals surface area contributed by atoms with Crippen LogP contribution in [-0.4, -0.2) is 42.1 Å². The fourth-order valence-electron chi connectivity index (χ4n) is 2.49. The van der Waals surface area contributed by atoms with E-state index in [9.17, 15) is 9.59 Å². The van der Waals surface area contributed by atoms with E-state index in [0.29, 0.717) is 6.54 Å². The van der Waals surface area contributed by atoms with Crippen molar-refractivity contribution in [3.63, 3.8) is 0 Å². The van der Waals surface area contributed by atoms with Gasteiger partial charge >= 0.3 is 12.0 Å². The number of urea groups is 1. The van der Waals surface area contributed by atoms with Crippen LogP contribution in [0.25, 0.3) is 0 Å². The van der Waals surface area contributed by atoms with Crippen molar-refractivity contribution >= 4 is 12.0 Å². The lowest BCUT2D eigenvalue weighted by atomic mass is 9.91. The number of nitrogens with one attached hydrogen (secondary N) is 1. The van der Waals surface area contributed by atoms with Crippen molar-refractivity contribution in [1.29, 1.82) is 0 Å². The first-order valence-electron chi connectivity index (χ1n) is 7.88. The van der Waals surface area contributed by atoms with E-state index in [2.05, 4.69) is 5.32 Å². The summed E-state index contributed by atoms with van der Waals surface area (Å²) < 4.78 is 0. The van der Waals surface area contributed by atoms with Crippen molar-refractivity contribution in [2.24, 2.45) is 0 Å². The molecule has 5 nitrogen and oxygen atoms in total. The first-order valence-corrected chi connectivity index (χ1v) is 7.88. The van der Waals surface area contributed by atoms with E-state index in [1.165, 1.54) is 4.90 Å². The molecule has 0 fully saturated rings. The molecule has 0 spiro atoms. The molecular weight excluding hydrogens is 304 g/mol. The van der Waals surface area contributed by atoms with Crippen LogP contribution in [0.15, 0.2) is 60.7 Å². The van der Waals surface area contributed by atoms with Gasteiger partial charge < -0.3 is 15.3 Å². The van der Waals surface area contributed by atoms with Gasteiger partial charge in [-0.25, -0.2) is 4.79 Å². The molecule has 0 heterocycles. The van der Waals surface area contributed by atoms with Crippen molar-refractivity contribution in [2.45, 2.75) is 12.3 Å². The largest absolute Gasteiger partial charge is 0.481 e. The van der Waals surface area contributed by atoms with Crippen LogP contribution in [0, 0.1) is 0 Å². The minimum Gasteiger partial charge on any atom is -0.481 e. The van der Waals surface area contributed by atoms with E-state index in [1.54, 1.807) is 7.05 Å². The van der Waals surface area contributed by atoms with Crippen molar-refractivity contribution < 1.29 is 14.7 Å². The molecule has 0 aliphatic rings. The van der Waals surface area contributed by atoms with Gasteiger partial charge in [0, 0.05) is 26.1 Å². The van der Waals surface area contributed by atoms with Crippen molar-refractivity contribution in [3.05, 3.63) is 71.8 Å². The average molecular weight is 326 g/mol. The summed E-state index contributed by atoms with van der Waals surface area (Å²) in [4.78, 5) is 24.1. The topological polar surface area (TPSA) is 69.6 Å². The van der Waals surface area contributed by atoms with Gasteiger partial charge in [-0.3, -0.25) is 4.79 Å². The quantitative estimate of drug-likeness (QED) is 0.822.